The Balaban J connectivity index is 2.34. The molecule has 0 saturated carbocycles. The van der Waals surface area contributed by atoms with Gasteiger partial charge in [0, 0.05) is 25.7 Å². The average Bonchev–Trinajstić information content (AvgIpc) is 2.28. The van der Waals surface area contributed by atoms with Crippen molar-refractivity contribution in [2.75, 3.05) is 26.2 Å². The molecule has 1 fully saturated rings. The largest absolute Gasteiger partial charge is 0.378 e. The topological polar surface area (TPSA) is 84.7 Å². The molecular formula is C11H25N3O3S. The second-order valence-corrected chi connectivity index (χ2v) is 6.59. The van der Waals surface area contributed by atoms with E-state index in [0.29, 0.717) is 26.2 Å². The van der Waals surface area contributed by atoms with Gasteiger partial charge in [0.05, 0.1) is 6.10 Å². The van der Waals surface area contributed by atoms with Gasteiger partial charge in [-0.3, -0.25) is 0 Å². The van der Waals surface area contributed by atoms with Crippen molar-refractivity contribution in [1.29, 1.82) is 0 Å². The van der Waals surface area contributed by atoms with Gasteiger partial charge >= 0.3 is 0 Å². The quantitative estimate of drug-likeness (QED) is 0.645. The summed E-state index contributed by atoms with van der Waals surface area (Å²) < 4.78 is 33.6. The van der Waals surface area contributed by atoms with E-state index < -0.39 is 10.2 Å². The van der Waals surface area contributed by atoms with Gasteiger partial charge in [0.15, 0.2) is 0 Å². The maximum atomic E-state index is 11.9. The Kier molecular flexibility index (Phi) is 6.51. The summed E-state index contributed by atoms with van der Waals surface area (Å²) in [5, 5.41) is 0. The van der Waals surface area contributed by atoms with E-state index in [-0.39, 0.29) is 12.1 Å². The Hall–Kier alpha value is -0.210. The molecule has 1 aliphatic rings. The molecule has 1 aliphatic heterocycles. The van der Waals surface area contributed by atoms with Crippen molar-refractivity contribution in [1.82, 2.24) is 9.03 Å². The van der Waals surface area contributed by atoms with Gasteiger partial charge < -0.3 is 10.5 Å². The highest BCUT2D eigenvalue weighted by Crippen LogP contribution is 2.16. The molecule has 0 bridgehead atoms. The zero-order valence-corrected chi connectivity index (χ0v) is 12.1. The number of nitrogens with two attached hydrogens (primary N) is 1. The van der Waals surface area contributed by atoms with Gasteiger partial charge in [-0.1, -0.05) is 0 Å². The Bertz CT molecular complexity index is 324. The lowest BCUT2D eigenvalue weighted by Gasteiger charge is -2.31. The maximum Gasteiger partial charge on any atom is 0.279 e. The molecule has 0 aromatic carbocycles. The molecule has 0 spiro atoms. The second kappa shape index (κ2) is 7.40. The summed E-state index contributed by atoms with van der Waals surface area (Å²) in [6, 6.07) is -0.0754. The predicted octanol–water partition coefficient (Wildman–Crippen LogP) is 0.0590. The van der Waals surface area contributed by atoms with Crippen molar-refractivity contribution in [2.45, 2.75) is 45.3 Å². The van der Waals surface area contributed by atoms with E-state index in [1.54, 1.807) is 0 Å². The van der Waals surface area contributed by atoms with Crippen molar-refractivity contribution in [2.24, 2.45) is 5.73 Å². The third kappa shape index (κ3) is 5.19. The van der Waals surface area contributed by atoms with Gasteiger partial charge in [-0.15, -0.1) is 0 Å². The van der Waals surface area contributed by atoms with Crippen LogP contribution >= 0.6 is 0 Å². The molecule has 6 nitrogen and oxygen atoms in total. The van der Waals surface area contributed by atoms with Crippen LogP contribution in [-0.2, 0) is 14.9 Å². The number of hydrogen-bond donors (Lipinski definition) is 2. The molecule has 1 saturated heterocycles. The number of ether oxygens (including phenoxy) is 1. The lowest BCUT2D eigenvalue weighted by molar-refractivity contribution is 0.0207. The molecule has 18 heavy (non-hydrogen) atoms. The highest BCUT2D eigenvalue weighted by Gasteiger charge is 2.28. The second-order valence-electron chi connectivity index (χ2n) is 4.89. The summed E-state index contributed by atoms with van der Waals surface area (Å²) in [4.78, 5) is 0. The average molecular weight is 279 g/mol. The Labute approximate surface area is 110 Å². The standard InChI is InChI=1S/C11H25N3O3S/c1-10(2)13-18(15,16)14-7-4-11(5-8-14)17-9-3-6-12/h10-11,13H,3-9,12H2,1-2H3. The van der Waals surface area contributed by atoms with Crippen molar-refractivity contribution in [3.05, 3.63) is 0 Å². The van der Waals surface area contributed by atoms with Gasteiger partial charge in [-0.2, -0.15) is 17.4 Å². The first kappa shape index (κ1) is 15.8. The highest BCUT2D eigenvalue weighted by atomic mass is 32.2. The molecule has 0 aromatic rings. The molecule has 1 rings (SSSR count). The molecule has 0 aromatic heterocycles. The molecule has 0 atom stereocenters. The fourth-order valence-corrected chi connectivity index (χ4v) is 3.38. The van der Waals surface area contributed by atoms with Crippen LogP contribution in [0.5, 0.6) is 0 Å². The monoisotopic (exact) mass is 279 g/mol. The summed E-state index contributed by atoms with van der Waals surface area (Å²) in [5.74, 6) is 0. The van der Waals surface area contributed by atoms with Crippen LogP contribution in [0.3, 0.4) is 0 Å². The van der Waals surface area contributed by atoms with E-state index in [9.17, 15) is 8.42 Å². The Morgan fingerprint density at radius 1 is 1.39 bits per heavy atom. The maximum absolute atomic E-state index is 11.9. The Morgan fingerprint density at radius 2 is 2.00 bits per heavy atom. The first-order valence-corrected chi connectivity index (χ1v) is 7.99. The summed E-state index contributed by atoms with van der Waals surface area (Å²) >= 11 is 0. The molecule has 0 unspecified atom stereocenters. The zero-order valence-electron chi connectivity index (χ0n) is 11.3. The van der Waals surface area contributed by atoms with Crippen LogP contribution in [0.15, 0.2) is 0 Å². The fraction of sp³-hybridized carbons (Fsp3) is 1.00. The first-order chi connectivity index (χ1) is 8.45. The van der Waals surface area contributed by atoms with Crippen LogP contribution in [0.4, 0.5) is 0 Å². The number of nitrogens with zero attached hydrogens (tertiary/aromatic N) is 1. The zero-order chi connectivity index (χ0) is 13.6. The lowest BCUT2D eigenvalue weighted by Crippen LogP contribution is -2.48. The first-order valence-electron chi connectivity index (χ1n) is 6.54. The van der Waals surface area contributed by atoms with Crippen LogP contribution in [0.2, 0.25) is 0 Å². The molecule has 7 heteroatoms. The van der Waals surface area contributed by atoms with E-state index in [1.807, 2.05) is 13.8 Å². The van der Waals surface area contributed by atoms with E-state index in [2.05, 4.69) is 4.72 Å². The minimum atomic E-state index is -3.32. The van der Waals surface area contributed by atoms with E-state index in [0.717, 1.165) is 19.3 Å². The van der Waals surface area contributed by atoms with Gasteiger partial charge in [-0.05, 0) is 39.7 Å². The van der Waals surface area contributed by atoms with Crippen LogP contribution in [0, 0.1) is 0 Å². The lowest BCUT2D eigenvalue weighted by atomic mass is 10.1. The number of piperidine rings is 1. The normalized spacial score (nSPS) is 19.6. The molecule has 0 amide bonds. The van der Waals surface area contributed by atoms with Crippen molar-refractivity contribution in [3.63, 3.8) is 0 Å². The van der Waals surface area contributed by atoms with Gasteiger partial charge in [-0.25, -0.2) is 0 Å². The predicted molar refractivity (Wildman–Crippen MR) is 71.4 cm³/mol. The minimum Gasteiger partial charge on any atom is -0.378 e. The van der Waals surface area contributed by atoms with Gasteiger partial charge in [0.25, 0.3) is 10.2 Å². The summed E-state index contributed by atoms with van der Waals surface area (Å²) in [6.07, 6.45) is 2.53. The fourth-order valence-electron chi connectivity index (χ4n) is 1.94. The van der Waals surface area contributed by atoms with Crippen molar-refractivity contribution in [3.8, 4) is 0 Å². The van der Waals surface area contributed by atoms with Crippen LogP contribution in [0.1, 0.15) is 33.1 Å². The van der Waals surface area contributed by atoms with Crippen LogP contribution < -0.4 is 10.5 Å². The molecule has 108 valence electrons. The minimum absolute atomic E-state index is 0.0754. The molecular weight excluding hydrogens is 254 g/mol. The van der Waals surface area contributed by atoms with Crippen molar-refractivity contribution >= 4 is 10.2 Å². The van der Waals surface area contributed by atoms with Gasteiger partial charge in [0.2, 0.25) is 0 Å². The number of nitrogens with one attached hydrogen (secondary N) is 1. The van der Waals surface area contributed by atoms with Crippen LogP contribution in [-0.4, -0.2) is 51.1 Å². The van der Waals surface area contributed by atoms with Crippen LogP contribution in [0.25, 0.3) is 0 Å². The third-order valence-electron chi connectivity index (χ3n) is 2.83. The summed E-state index contributed by atoms with van der Waals surface area (Å²) in [5.41, 5.74) is 5.39. The van der Waals surface area contributed by atoms with E-state index in [1.165, 1.54) is 4.31 Å². The smallest absolute Gasteiger partial charge is 0.279 e. The summed E-state index contributed by atoms with van der Waals surface area (Å²) in [7, 11) is -3.32. The Morgan fingerprint density at radius 3 is 2.50 bits per heavy atom. The molecule has 3 N–H and O–H groups in total. The number of hydrogen-bond acceptors (Lipinski definition) is 4. The van der Waals surface area contributed by atoms with E-state index in [4.69, 9.17) is 10.5 Å². The molecule has 1 heterocycles. The van der Waals surface area contributed by atoms with Gasteiger partial charge in [0.1, 0.15) is 0 Å². The highest BCUT2D eigenvalue weighted by molar-refractivity contribution is 7.87. The molecule has 0 aliphatic carbocycles. The van der Waals surface area contributed by atoms with E-state index >= 15 is 0 Å². The summed E-state index contributed by atoms with van der Waals surface area (Å²) in [6.45, 7) is 5.98. The third-order valence-corrected chi connectivity index (χ3v) is 4.64. The van der Waals surface area contributed by atoms with Crippen molar-refractivity contribution < 1.29 is 13.2 Å². The number of rotatable bonds is 7. The molecule has 0 radical (unpaired) electrons. The SMILES string of the molecule is CC(C)NS(=O)(=O)N1CCC(OCCCN)CC1.